The Labute approximate surface area is 175 Å². The zero-order valence-electron chi connectivity index (χ0n) is 17.1. The number of piperidine rings is 1. The summed E-state index contributed by atoms with van der Waals surface area (Å²) in [7, 11) is 1.67. The number of esters is 1. The number of rotatable bonds is 3. The van der Waals surface area contributed by atoms with Crippen molar-refractivity contribution in [2.75, 3.05) is 13.7 Å². The maximum absolute atomic E-state index is 12.8. The first-order valence-electron chi connectivity index (χ1n) is 10.5. The van der Waals surface area contributed by atoms with Crippen LogP contribution in [0.1, 0.15) is 34.8 Å². The van der Waals surface area contributed by atoms with Crippen molar-refractivity contribution in [1.29, 1.82) is 0 Å². The number of benzene rings is 1. The van der Waals surface area contributed by atoms with Gasteiger partial charge in [0.15, 0.2) is 17.6 Å². The van der Waals surface area contributed by atoms with Crippen molar-refractivity contribution >= 4 is 5.97 Å². The molecule has 1 aromatic heterocycles. The third-order valence-corrected chi connectivity index (χ3v) is 7.44. The minimum atomic E-state index is -0.473. The molecule has 1 aromatic carbocycles. The molecule has 1 spiro atoms. The van der Waals surface area contributed by atoms with Gasteiger partial charge in [-0.1, -0.05) is 12.1 Å². The maximum atomic E-state index is 12.8. The Hall–Kier alpha value is -2.86. The summed E-state index contributed by atoms with van der Waals surface area (Å²) >= 11 is 0. The highest BCUT2D eigenvalue weighted by Gasteiger charge is 2.67. The highest BCUT2D eigenvalue weighted by Crippen LogP contribution is 2.63. The lowest BCUT2D eigenvalue weighted by atomic mass is 9.50. The first-order chi connectivity index (χ1) is 14.6. The molecule has 0 saturated carbocycles. The predicted molar refractivity (Wildman–Crippen MR) is 110 cm³/mol. The van der Waals surface area contributed by atoms with Crippen LogP contribution in [0.3, 0.4) is 0 Å². The molecule has 2 aliphatic carbocycles. The van der Waals surface area contributed by atoms with Gasteiger partial charge < -0.3 is 19.5 Å². The van der Waals surface area contributed by atoms with Gasteiger partial charge in [0.2, 0.25) is 0 Å². The number of ether oxygens (including phenoxy) is 3. The number of carbonyl (C=O) groups is 1. The fraction of sp³-hybridized carbons (Fsp3) is 0.417. The minimum absolute atomic E-state index is 0.0577. The summed E-state index contributed by atoms with van der Waals surface area (Å²) in [4.78, 5) is 16.8. The van der Waals surface area contributed by atoms with Crippen molar-refractivity contribution in [3.8, 4) is 11.5 Å². The zero-order valence-corrected chi connectivity index (χ0v) is 17.1. The Morgan fingerprint density at radius 1 is 1.30 bits per heavy atom. The van der Waals surface area contributed by atoms with Crippen LogP contribution in [0, 0.1) is 5.92 Å². The van der Waals surface area contributed by atoms with Crippen LogP contribution in [0.5, 0.6) is 11.5 Å². The number of nitrogens with zero attached hydrogens (tertiary/aromatic N) is 1. The maximum Gasteiger partial charge on any atom is 0.340 e. The van der Waals surface area contributed by atoms with Crippen molar-refractivity contribution in [3.05, 3.63) is 65.5 Å². The number of carbonyl (C=O) groups excluding carboxylic acids is 1. The van der Waals surface area contributed by atoms with Crippen molar-refractivity contribution in [3.63, 3.8) is 0 Å². The summed E-state index contributed by atoms with van der Waals surface area (Å²) in [6.45, 7) is 3.20. The van der Waals surface area contributed by atoms with E-state index in [0.29, 0.717) is 5.56 Å². The van der Waals surface area contributed by atoms with E-state index in [1.807, 2.05) is 12.1 Å². The van der Waals surface area contributed by atoms with E-state index < -0.39 is 6.10 Å². The number of hydrogen-bond donors (Lipinski definition) is 1. The second kappa shape index (κ2) is 6.08. The highest BCUT2D eigenvalue weighted by atomic mass is 16.6. The SMILES string of the molecule is COc1ccc2c3c1O[C@H]1[C@@H](OC(=O)c4cccnc4)C=C[C@@H]4[C@@]31CCN[C@]4(C)C2. The molecule has 2 aromatic rings. The van der Waals surface area contributed by atoms with Gasteiger partial charge in [0, 0.05) is 34.8 Å². The van der Waals surface area contributed by atoms with E-state index in [0.717, 1.165) is 30.9 Å². The van der Waals surface area contributed by atoms with Gasteiger partial charge in [-0.25, -0.2) is 4.79 Å². The molecule has 3 heterocycles. The quantitative estimate of drug-likeness (QED) is 0.627. The van der Waals surface area contributed by atoms with Crippen molar-refractivity contribution in [1.82, 2.24) is 10.3 Å². The Morgan fingerprint density at radius 3 is 3.00 bits per heavy atom. The van der Waals surface area contributed by atoms with Crippen LogP contribution in [0.15, 0.2) is 48.8 Å². The van der Waals surface area contributed by atoms with Crippen LogP contribution in [-0.4, -0.2) is 42.4 Å². The van der Waals surface area contributed by atoms with Gasteiger partial charge in [-0.2, -0.15) is 0 Å². The standard InChI is InChI=1S/C24H24N2O4/c1-23-12-14-5-6-16(28-2)20-19(14)24(9-11-26-23)18(23)8-7-17(21(24)30-20)29-22(27)15-4-3-10-25-13-15/h3-8,10,13,17-18,21,26H,9,11-12H2,1-2H3/t17-,18-,21-,23+,24-/m0/s1. The average Bonchev–Trinajstić information content (AvgIpc) is 3.10. The molecular weight excluding hydrogens is 380 g/mol. The molecule has 0 unspecified atom stereocenters. The first-order valence-corrected chi connectivity index (χ1v) is 10.5. The molecule has 1 saturated heterocycles. The molecule has 0 radical (unpaired) electrons. The average molecular weight is 404 g/mol. The highest BCUT2D eigenvalue weighted by molar-refractivity contribution is 5.89. The summed E-state index contributed by atoms with van der Waals surface area (Å²) in [5.74, 6) is 1.45. The number of nitrogens with one attached hydrogen (secondary N) is 1. The van der Waals surface area contributed by atoms with Gasteiger partial charge in [0.25, 0.3) is 0 Å². The molecule has 6 rings (SSSR count). The van der Waals surface area contributed by atoms with E-state index in [2.05, 4.69) is 29.4 Å². The van der Waals surface area contributed by atoms with E-state index >= 15 is 0 Å². The van der Waals surface area contributed by atoms with Gasteiger partial charge in [-0.15, -0.1) is 0 Å². The number of hydrogen-bond acceptors (Lipinski definition) is 6. The van der Waals surface area contributed by atoms with Crippen LogP contribution < -0.4 is 14.8 Å². The topological polar surface area (TPSA) is 69.7 Å². The second-order valence-corrected chi connectivity index (χ2v) is 8.96. The zero-order chi connectivity index (χ0) is 20.5. The fourth-order valence-corrected chi connectivity index (χ4v) is 6.31. The Bertz CT molecular complexity index is 1070. The summed E-state index contributed by atoms with van der Waals surface area (Å²) in [6.07, 6.45) is 8.54. The molecule has 30 heavy (non-hydrogen) atoms. The molecule has 154 valence electrons. The van der Waals surface area contributed by atoms with Crippen molar-refractivity contribution < 1.29 is 19.0 Å². The van der Waals surface area contributed by atoms with Gasteiger partial charge >= 0.3 is 5.97 Å². The van der Waals surface area contributed by atoms with E-state index in [4.69, 9.17) is 14.2 Å². The molecule has 2 bridgehead atoms. The van der Waals surface area contributed by atoms with Crippen molar-refractivity contribution in [2.45, 2.75) is 42.9 Å². The third-order valence-electron chi connectivity index (χ3n) is 7.44. The molecule has 0 amide bonds. The predicted octanol–water partition coefficient (Wildman–Crippen LogP) is 2.81. The van der Waals surface area contributed by atoms with E-state index in [9.17, 15) is 4.79 Å². The summed E-state index contributed by atoms with van der Waals surface area (Å²) in [5, 5.41) is 3.76. The largest absolute Gasteiger partial charge is 0.493 e. The molecular formula is C24H24N2O4. The lowest BCUT2D eigenvalue weighted by molar-refractivity contribution is -0.0486. The van der Waals surface area contributed by atoms with Crippen molar-refractivity contribution in [2.24, 2.45) is 5.92 Å². The molecule has 1 N–H and O–H groups in total. The molecule has 5 atom stereocenters. The summed E-state index contributed by atoms with van der Waals surface area (Å²) < 4.78 is 18.2. The first kappa shape index (κ1) is 18.0. The molecule has 1 fully saturated rings. The van der Waals surface area contributed by atoms with E-state index in [1.54, 1.807) is 25.4 Å². The lowest BCUT2D eigenvalue weighted by Crippen LogP contribution is -2.70. The normalized spacial score (nSPS) is 34.7. The number of pyridine rings is 1. The van der Waals surface area contributed by atoms with Crippen LogP contribution >= 0.6 is 0 Å². The second-order valence-electron chi connectivity index (χ2n) is 8.96. The number of aromatic nitrogens is 1. The summed E-state index contributed by atoms with van der Waals surface area (Å²) in [6, 6.07) is 7.62. The smallest absolute Gasteiger partial charge is 0.340 e. The van der Waals surface area contributed by atoms with Crippen LogP contribution in [0.2, 0.25) is 0 Å². The molecule has 4 aliphatic rings. The Kier molecular flexibility index (Phi) is 3.64. The lowest BCUT2D eigenvalue weighted by Gasteiger charge is -2.58. The number of methoxy groups -OCH3 is 1. The van der Waals surface area contributed by atoms with Gasteiger partial charge in [-0.3, -0.25) is 4.98 Å². The minimum Gasteiger partial charge on any atom is -0.493 e. The van der Waals surface area contributed by atoms with Crippen LogP contribution in [0.4, 0.5) is 0 Å². The van der Waals surface area contributed by atoms with Crippen LogP contribution in [0.25, 0.3) is 0 Å². The fourth-order valence-electron chi connectivity index (χ4n) is 6.31. The van der Waals surface area contributed by atoms with Crippen LogP contribution in [-0.2, 0) is 16.6 Å². The monoisotopic (exact) mass is 404 g/mol. The van der Waals surface area contributed by atoms with E-state index in [-0.39, 0.29) is 28.9 Å². The summed E-state index contributed by atoms with van der Waals surface area (Å²) in [5.41, 5.74) is 2.71. The molecule has 2 aliphatic heterocycles. The molecule has 6 heteroatoms. The van der Waals surface area contributed by atoms with Gasteiger partial charge in [0.1, 0.15) is 6.10 Å². The van der Waals surface area contributed by atoms with Gasteiger partial charge in [0.05, 0.1) is 12.7 Å². The van der Waals surface area contributed by atoms with Gasteiger partial charge in [-0.05, 0) is 56.1 Å². The van der Waals surface area contributed by atoms with E-state index in [1.165, 1.54) is 17.3 Å². The third kappa shape index (κ3) is 2.17. The molecule has 6 nitrogen and oxygen atoms in total. The Balaban J connectivity index is 1.47. The Morgan fingerprint density at radius 2 is 2.20 bits per heavy atom.